The lowest BCUT2D eigenvalue weighted by Crippen LogP contribution is -2.37. The lowest BCUT2D eigenvalue weighted by atomic mass is 9.79. The predicted octanol–water partition coefficient (Wildman–Crippen LogP) is 13.5. The Kier molecular flexibility index (Phi) is 6.86. The molecule has 9 aromatic rings. The molecular formula is C46H32N2S2. The number of fused-ring (bicyclic) bond motifs is 7. The molecule has 50 heavy (non-hydrogen) atoms. The standard InChI is InChI=1S/C46H32N2S2/c1-3-17-33(18-4-1)47-46(40-23-11-15-31-13-7-9-21-36(31)40)28-27-39-43(30-46)50-44-38-26-25-35(29-42(38)49-45(39)44)48(34-19-5-2-6-20-34)41-24-12-16-32-14-8-10-22-37(32)41/h1-29,47H,30H2. The molecule has 7 aromatic carbocycles. The molecule has 10 rings (SSSR count). The highest BCUT2D eigenvalue weighted by Gasteiger charge is 2.36. The van der Waals surface area contributed by atoms with Gasteiger partial charge in [0.05, 0.1) is 20.6 Å². The number of benzene rings is 7. The summed E-state index contributed by atoms with van der Waals surface area (Å²) >= 11 is 3.89. The average molecular weight is 677 g/mol. The monoisotopic (exact) mass is 676 g/mol. The molecule has 0 radical (unpaired) electrons. The molecule has 4 heteroatoms. The van der Waals surface area contributed by atoms with Gasteiger partial charge >= 0.3 is 0 Å². The van der Waals surface area contributed by atoms with Crippen LogP contribution in [0.5, 0.6) is 0 Å². The lowest BCUT2D eigenvalue weighted by Gasteiger charge is -2.36. The minimum Gasteiger partial charge on any atom is -0.372 e. The first-order valence-corrected chi connectivity index (χ1v) is 18.7. The SMILES string of the molecule is C1=CC(Nc2ccccc2)(c2cccc3ccccc23)Cc2sc3c(sc4cc(N(c5ccccc5)c5cccc6ccccc56)ccc43)c21. The van der Waals surface area contributed by atoms with Gasteiger partial charge < -0.3 is 10.2 Å². The lowest BCUT2D eigenvalue weighted by molar-refractivity contribution is 0.617. The second-order valence-corrected chi connectivity index (χ2v) is 15.2. The van der Waals surface area contributed by atoms with Crippen LogP contribution in [0, 0.1) is 0 Å². The van der Waals surface area contributed by atoms with E-state index in [-0.39, 0.29) is 5.54 Å². The maximum atomic E-state index is 4.00. The smallest absolute Gasteiger partial charge is 0.0867 e. The van der Waals surface area contributed by atoms with Crippen molar-refractivity contribution in [2.24, 2.45) is 0 Å². The zero-order valence-electron chi connectivity index (χ0n) is 27.2. The second-order valence-electron chi connectivity index (χ2n) is 13.0. The van der Waals surface area contributed by atoms with Gasteiger partial charge in [0.1, 0.15) is 0 Å². The van der Waals surface area contributed by atoms with Crippen molar-refractivity contribution >= 4 is 92.5 Å². The van der Waals surface area contributed by atoms with Crippen molar-refractivity contribution in [1.82, 2.24) is 0 Å². The van der Waals surface area contributed by atoms with E-state index in [0.717, 1.165) is 17.8 Å². The zero-order chi connectivity index (χ0) is 33.1. The molecule has 1 aliphatic carbocycles. The quantitative estimate of drug-likeness (QED) is 0.189. The van der Waals surface area contributed by atoms with Crippen LogP contribution in [0.15, 0.2) is 170 Å². The predicted molar refractivity (Wildman–Crippen MR) is 218 cm³/mol. The molecule has 0 spiro atoms. The fraction of sp³-hybridized carbons (Fsp3) is 0.0435. The van der Waals surface area contributed by atoms with Crippen LogP contribution in [-0.2, 0) is 12.0 Å². The van der Waals surface area contributed by atoms with Crippen LogP contribution in [0.4, 0.5) is 22.7 Å². The third kappa shape index (κ3) is 4.75. The molecule has 0 saturated carbocycles. The van der Waals surface area contributed by atoms with E-state index >= 15 is 0 Å². The van der Waals surface area contributed by atoms with Crippen LogP contribution < -0.4 is 10.2 Å². The Morgan fingerprint density at radius 1 is 0.540 bits per heavy atom. The maximum Gasteiger partial charge on any atom is 0.0867 e. The number of nitrogens with one attached hydrogen (secondary N) is 1. The molecule has 2 heterocycles. The first kappa shape index (κ1) is 29.3. The molecule has 2 nitrogen and oxygen atoms in total. The molecule has 0 bridgehead atoms. The molecule has 1 N–H and O–H groups in total. The molecule has 238 valence electrons. The van der Waals surface area contributed by atoms with Gasteiger partial charge in [-0.1, -0.05) is 133 Å². The Bertz CT molecular complexity index is 2710. The summed E-state index contributed by atoms with van der Waals surface area (Å²) in [5.41, 5.74) is 6.93. The summed E-state index contributed by atoms with van der Waals surface area (Å²) in [4.78, 5) is 3.83. The molecular weight excluding hydrogens is 645 g/mol. The number of hydrogen-bond acceptors (Lipinski definition) is 4. The van der Waals surface area contributed by atoms with E-state index in [0.29, 0.717) is 0 Å². The summed E-state index contributed by atoms with van der Waals surface area (Å²) < 4.78 is 4.08. The van der Waals surface area contributed by atoms with E-state index in [9.17, 15) is 0 Å². The second kappa shape index (κ2) is 11.7. The fourth-order valence-electron chi connectivity index (χ4n) is 7.76. The Labute approximate surface area is 299 Å². The van der Waals surface area contributed by atoms with Gasteiger partial charge in [0.2, 0.25) is 0 Å². The van der Waals surface area contributed by atoms with Crippen molar-refractivity contribution in [2.45, 2.75) is 12.0 Å². The molecule has 1 atom stereocenters. The fourth-order valence-corrected chi connectivity index (χ4v) is 10.6. The summed E-state index contributed by atoms with van der Waals surface area (Å²) in [5, 5.41) is 10.4. The van der Waals surface area contributed by atoms with Crippen molar-refractivity contribution in [1.29, 1.82) is 0 Å². The zero-order valence-corrected chi connectivity index (χ0v) is 28.8. The number of hydrogen-bond donors (Lipinski definition) is 1. The summed E-state index contributed by atoms with van der Waals surface area (Å²) in [6.45, 7) is 0. The normalized spacial score (nSPS) is 15.5. The van der Waals surface area contributed by atoms with Gasteiger partial charge in [0.25, 0.3) is 0 Å². The van der Waals surface area contributed by atoms with Crippen LogP contribution in [0.1, 0.15) is 16.0 Å². The van der Waals surface area contributed by atoms with Crippen molar-refractivity contribution in [3.05, 3.63) is 186 Å². The summed E-state index contributed by atoms with van der Waals surface area (Å²) in [5.74, 6) is 0. The number of thiophene rings is 2. The highest BCUT2D eigenvalue weighted by atomic mass is 32.1. The highest BCUT2D eigenvalue weighted by Crippen LogP contribution is 2.50. The van der Waals surface area contributed by atoms with Gasteiger partial charge in [-0.05, 0) is 64.2 Å². The van der Waals surface area contributed by atoms with Crippen LogP contribution >= 0.6 is 22.7 Å². The molecule has 1 unspecified atom stereocenters. The molecule has 0 amide bonds. The Hall–Kier alpha value is -5.68. The largest absolute Gasteiger partial charge is 0.372 e. The first-order chi connectivity index (χ1) is 24.7. The van der Waals surface area contributed by atoms with Gasteiger partial charge in [0, 0.05) is 49.4 Å². The van der Waals surface area contributed by atoms with E-state index in [1.807, 2.05) is 22.7 Å². The molecule has 0 saturated heterocycles. The molecule has 1 aliphatic rings. The van der Waals surface area contributed by atoms with Crippen molar-refractivity contribution in [3.63, 3.8) is 0 Å². The maximum absolute atomic E-state index is 4.00. The molecule has 0 fully saturated rings. The Morgan fingerprint density at radius 2 is 1.22 bits per heavy atom. The number of para-hydroxylation sites is 2. The molecule has 0 aliphatic heterocycles. The van der Waals surface area contributed by atoms with Gasteiger partial charge in [-0.15, -0.1) is 22.7 Å². The third-order valence-electron chi connectivity index (χ3n) is 10.1. The van der Waals surface area contributed by atoms with Crippen molar-refractivity contribution in [3.8, 4) is 0 Å². The number of anilines is 4. The molecule has 2 aromatic heterocycles. The minimum absolute atomic E-state index is 0.375. The van der Waals surface area contributed by atoms with Gasteiger partial charge in [0.15, 0.2) is 0 Å². The average Bonchev–Trinajstić information content (AvgIpc) is 3.70. The topological polar surface area (TPSA) is 15.3 Å². The van der Waals surface area contributed by atoms with Gasteiger partial charge in [-0.25, -0.2) is 0 Å². The number of rotatable bonds is 6. The first-order valence-electron chi connectivity index (χ1n) is 17.1. The van der Waals surface area contributed by atoms with Gasteiger partial charge in [-0.2, -0.15) is 0 Å². The van der Waals surface area contributed by atoms with Crippen LogP contribution in [-0.4, -0.2) is 0 Å². The Morgan fingerprint density at radius 3 is 2.04 bits per heavy atom. The summed E-state index contributed by atoms with van der Waals surface area (Å²) in [6, 6.07) is 59.1. The van der Waals surface area contributed by atoms with E-state index in [2.05, 4.69) is 186 Å². The van der Waals surface area contributed by atoms with Crippen LogP contribution in [0.2, 0.25) is 0 Å². The van der Waals surface area contributed by atoms with E-state index in [1.165, 1.54) is 68.4 Å². The minimum atomic E-state index is -0.375. The van der Waals surface area contributed by atoms with Crippen molar-refractivity contribution in [2.75, 3.05) is 10.2 Å². The summed E-state index contributed by atoms with van der Waals surface area (Å²) in [7, 11) is 0. The van der Waals surface area contributed by atoms with Crippen LogP contribution in [0.3, 0.4) is 0 Å². The highest BCUT2D eigenvalue weighted by molar-refractivity contribution is 7.33. The van der Waals surface area contributed by atoms with Crippen molar-refractivity contribution < 1.29 is 0 Å². The van der Waals surface area contributed by atoms with E-state index in [1.54, 1.807) is 0 Å². The van der Waals surface area contributed by atoms with E-state index < -0.39 is 0 Å². The number of nitrogens with zero attached hydrogens (tertiary/aromatic N) is 1. The van der Waals surface area contributed by atoms with Crippen LogP contribution in [0.25, 0.3) is 47.1 Å². The van der Waals surface area contributed by atoms with Gasteiger partial charge in [-0.3, -0.25) is 0 Å². The van der Waals surface area contributed by atoms with E-state index in [4.69, 9.17) is 0 Å². The Balaban J connectivity index is 1.10. The summed E-state index contributed by atoms with van der Waals surface area (Å²) in [6.07, 6.45) is 5.69. The third-order valence-corrected chi connectivity index (χ3v) is 12.6.